The van der Waals surface area contributed by atoms with Gasteiger partial charge in [0.05, 0.1) is 26.9 Å². The largest absolute Gasteiger partial charge is 0.494 e. The van der Waals surface area contributed by atoms with E-state index in [0.29, 0.717) is 37.0 Å². The van der Waals surface area contributed by atoms with Crippen molar-refractivity contribution in [2.75, 3.05) is 51.9 Å². The van der Waals surface area contributed by atoms with Crippen LogP contribution in [0.5, 0.6) is 17.2 Å². The zero-order valence-corrected chi connectivity index (χ0v) is 18.0. The molecule has 3 rings (SSSR count). The summed E-state index contributed by atoms with van der Waals surface area (Å²) in [7, 11) is 1.56. The SMILES string of the molecule is CCOc1ccc(NC(=O)COc2ccc(C(=S)N3CCOCC3)cc2OC)cc1. The van der Waals surface area contributed by atoms with E-state index in [9.17, 15) is 4.79 Å². The second-order valence-corrected chi connectivity index (χ2v) is 6.95. The van der Waals surface area contributed by atoms with Gasteiger partial charge in [0, 0.05) is 24.3 Å². The number of nitrogens with one attached hydrogen (secondary N) is 1. The van der Waals surface area contributed by atoms with E-state index < -0.39 is 0 Å². The Balaban J connectivity index is 1.57. The van der Waals surface area contributed by atoms with Crippen LogP contribution in [-0.2, 0) is 9.53 Å². The average Bonchev–Trinajstić information content (AvgIpc) is 2.79. The van der Waals surface area contributed by atoms with Gasteiger partial charge in [-0.05, 0) is 49.4 Å². The number of hydrogen-bond acceptors (Lipinski definition) is 6. The Bertz CT molecular complexity index is 866. The van der Waals surface area contributed by atoms with Gasteiger partial charge in [0.1, 0.15) is 10.7 Å². The van der Waals surface area contributed by atoms with Crippen molar-refractivity contribution in [3.63, 3.8) is 0 Å². The molecule has 0 radical (unpaired) electrons. The second kappa shape index (κ2) is 10.8. The van der Waals surface area contributed by atoms with Crippen molar-refractivity contribution in [3.8, 4) is 17.2 Å². The number of hydrogen-bond donors (Lipinski definition) is 1. The number of amides is 1. The molecule has 1 amide bonds. The molecule has 1 aliphatic heterocycles. The molecule has 0 aliphatic carbocycles. The molecular weight excluding hydrogens is 404 g/mol. The number of carbonyl (C=O) groups excluding carboxylic acids is 1. The maximum Gasteiger partial charge on any atom is 0.262 e. The Kier molecular flexibility index (Phi) is 7.87. The molecule has 1 fully saturated rings. The average molecular weight is 431 g/mol. The zero-order chi connectivity index (χ0) is 21.3. The fraction of sp³-hybridized carbons (Fsp3) is 0.364. The van der Waals surface area contributed by atoms with Crippen LogP contribution in [0.25, 0.3) is 0 Å². The van der Waals surface area contributed by atoms with Crippen molar-refractivity contribution >= 4 is 28.8 Å². The highest BCUT2D eigenvalue weighted by molar-refractivity contribution is 7.80. The van der Waals surface area contributed by atoms with E-state index in [1.54, 1.807) is 37.4 Å². The maximum absolute atomic E-state index is 12.2. The predicted molar refractivity (Wildman–Crippen MR) is 119 cm³/mol. The summed E-state index contributed by atoms with van der Waals surface area (Å²) in [5.41, 5.74) is 1.54. The number of rotatable bonds is 8. The van der Waals surface area contributed by atoms with E-state index in [1.807, 2.05) is 19.1 Å². The first-order chi connectivity index (χ1) is 14.6. The van der Waals surface area contributed by atoms with E-state index in [-0.39, 0.29) is 12.5 Å². The minimum Gasteiger partial charge on any atom is -0.494 e. The van der Waals surface area contributed by atoms with Gasteiger partial charge < -0.3 is 29.2 Å². The van der Waals surface area contributed by atoms with Crippen molar-refractivity contribution < 1.29 is 23.7 Å². The minimum absolute atomic E-state index is 0.142. The van der Waals surface area contributed by atoms with Crippen LogP contribution in [0.1, 0.15) is 12.5 Å². The summed E-state index contributed by atoms with van der Waals surface area (Å²) in [5.74, 6) is 1.49. The number of anilines is 1. The second-order valence-electron chi connectivity index (χ2n) is 6.56. The van der Waals surface area contributed by atoms with Crippen molar-refractivity contribution in [2.45, 2.75) is 6.92 Å². The zero-order valence-electron chi connectivity index (χ0n) is 17.2. The molecule has 1 N–H and O–H groups in total. The topological polar surface area (TPSA) is 69.3 Å². The van der Waals surface area contributed by atoms with E-state index in [1.165, 1.54) is 0 Å². The Hall–Kier alpha value is -2.84. The monoisotopic (exact) mass is 430 g/mol. The molecule has 1 saturated heterocycles. The Morgan fingerprint density at radius 1 is 1.10 bits per heavy atom. The first-order valence-electron chi connectivity index (χ1n) is 9.81. The number of thiocarbonyl (C=S) groups is 1. The predicted octanol–water partition coefficient (Wildman–Crippen LogP) is 3.12. The van der Waals surface area contributed by atoms with Gasteiger partial charge in [0.15, 0.2) is 18.1 Å². The van der Waals surface area contributed by atoms with Gasteiger partial charge in [-0.2, -0.15) is 0 Å². The van der Waals surface area contributed by atoms with Crippen LogP contribution in [-0.4, -0.2) is 62.4 Å². The minimum atomic E-state index is -0.269. The van der Waals surface area contributed by atoms with Crippen LogP contribution in [0.4, 0.5) is 5.69 Å². The van der Waals surface area contributed by atoms with Gasteiger partial charge in [0.25, 0.3) is 5.91 Å². The smallest absolute Gasteiger partial charge is 0.262 e. The normalized spacial score (nSPS) is 13.5. The third-order valence-corrected chi connectivity index (χ3v) is 5.01. The molecule has 0 unspecified atom stereocenters. The van der Waals surface area contributed by atoms with Gasteiger partial charge in [-0.1, -0.05) is 12.2 Å². The lowest BCUT2D eigenvalue weighted by Gasteiger charge is -2.29. The quantitative estimate of drug-likeness (QED) is 0.646. The summed E-state index contributed by atoms with van der Waals surface area (Å²) < 4.78 is 21.9. The fourth-order valence-corrected chi connectivity index (χ4v) is 3.32. The molecule has 2 aromatic carbocycles. The maximum atomic E-state index is 12.2. The lowest BCUT2D eigenvalue weighted by Crippen LogP contribution is -2.40. The van der Waals surface area contributed by atoms with Crippen LogP contribution in [0.3, 0.4) is 0 Å². The highest BCUT2D eigenvalue weighted by Crippen LogP contribution is 2.29. The molecule has 0 bridgehead atoms. The van der Waals surface area contributed by atoms with Crippen molar-refractivity contribution in [3.05, 3.63) is 48.0 Å². The van der Waals surface area contributed by atoms with Crippen molar-refractivity contribution in [1.82, 2.24) is 4.90 Å². The van der Waals surface area contributed by atoms with Crippen molar-refractivity contribution in [2.24, 2.45) is 0 Å². The van der Waals surface area contributed by atoms with Crippen LogP contribution >= 0.6 is 12.2 Å². The molecule has 1 heterocycles. The molecule has 2 aromatic rings. The third-order valence-electron chi connectivity index (χ3n) is 4.52. The Morgan fingerprint density at radius 2 is 1.83 bits per heavy atom. The molecule has 30 heavy (non-hydrogen) atoms. The summed E-state index contributed by atoms with van der Waals surface area (Å²) in [5, 5.41) is 2.79. The van der Waals surface area contributed by atoms with Crippen LogP contribution in [0.15, 0.2) is 42.5 Å². The van der Waals surface area contributed by atoms with Crippen LogP contribution in [0.2, 0.25) is 0 Å². The Morgan fingerprint density at radius 3 is 2.50 bits per heavy atom. The summed E-state index contributed by atoms with van der Waals surface area (Å²) in [4.78, 5) is 15.1. The fourth-order valence-electron chi connectivity index (χ4n) is 3.01. The highest BCUT2D eigenvalue weighted by atomic mass is 32.1. The molecule has 160 valence electrons. The van der Waals surface area contributed by atoms with E-state index >= 15 is 0 Å². The molecule has 0 atom stereocenters. The Labute approximate surface area is 181 Å². The standard InChI is InChI=1S/C22H26N2O5S/c1-3-28-18-7-5-17(6-8-18)23-21(25)15-29-19-9-4-16(14-20(19)26-2)22(30)24-10-12-27-13-11-24/h4-9,14H,3,10-13,15H2,1-2H3,(H,23,25). The van der Waals surface area contributed by atoms with Crippen LogP contribution < -0.4 is 19.5 Å². The number of ether oxygens (including phenoxy) is 4. The molecule has 7 nitrogen and oxygen atoms in total. The van der Waals surface area contributed by atoms with E-state index in [2.05, 4.69) is 10.2 Å². The highest BCUT2D eigenvalue weighted by Gasteiger charge is 2.17. The van der Waals surface area contributed by atoms with Gasteiger partial charge >= 0.3 is 0 Å². The number of benzene rings is 2. The number of nitrogens with zero attached hydrogens (tertiary/aromatic N) is 1. The molecule has 0 aromatic heterocycles. The van der Waals surface area contributed by atoms with E-state index in [0.717, 1.165) is 29.4 Å². The summed E-state index contributed by atoms with van der Waals surface area (Å²) >= 11 is 5.60. The van der Waals surface area contributed by atoms with Gasteiger partial charge in [-0.15, -0.1) is 0 Å². The molecule has 8 heteroatoms. The van der Waals surface area contributed by atoms with Gasteiger partial charge in [-0.25, -0.2) is 0 Å². The third kappa shape index (κ3) is 5.84. The molecule has 0 saturated carbocycles. The van der Waals surface area contributed by atoms with Crippen molar-refractivity contribution in [1.29, 1.82) is 0 Å². The lowest BCUT2D eigenvalue weighted by molar-refractivity contribution is -0.118. The summed E-state index contributed by atoms with van der Waals surface area (Å²) in [6.07, 6.45) is 0. The first kappa shape index (κ1) is 21.9. The van der Waals surface area contributed by atoms with E-state index in [4.69, 9.17) is 31.2 Å². The number of carbonyl (C=O) groups is 1. The van der Waals surface area contributed by atoms with Gasteiger partial charge in [0.2, 0.25) is 0 Å². The molecular formula is C22H26N2O5S. The van der Waals surface area contributed by atoms with Gasteiger partial charge in [-0.3, -0.25) is 4.79 Å². The molecule has 1 aliphatic rings. The number of methoxy groups -OCH3 is 1. The lowest BCUT2D eigenvalue weighted by atomic mass is 10.1. The molecule has 0 spiro atoms. The van der Waals surface area contributed by atoms with Crippen LogP contribution in [0, 0.1) is 0 Å². The number of morpholine rings is 1. The summed E-state index contributed by atoms with van der Waals surface area (Å²) in [6, 6.07) is 12.6. The first-order valence-corrected chi connectivity index (χ1v) is 10.2. The summed E-state index contributed by atoms with van der Waals surface area (Å²) in [6.45, 7) is 5.25.